The second-order valence-corrected chi connectivity index (χ2v) is 4.89. The van der Waals surface area contributed by atoms with Crippen molar-refractivity contribution in [2.75, 3.05) is 19.9 Å². The predicted molar refractivity (Wildman–Crippen MR) is 65.9 cm³/mol. The summed E-state index contributed by atoms with van der Waals surface area (Å²) < 4.78 is 10.7. The van der Waals surface area contributed by atoms with E-state index in [1.165, 1.54) is 11.1 Å². The third-order valence-electron chi connectivity index (χ3n) is 3.66. The first kappa shape index (κ1) is 11.2. The molecule has 1 unspecified atom stereocenters. The highest BCUT2D eigenvalue weighted by Crippen LogP contribution is 2.21. The molecule has 1 heterocycles. The minimum atomic E-state index is 0.326. The van der Waals surface area contributed by atoms with Gasteiger partial charge < -0.3 is 14.8 Å². The first-order valence-corrected chi connectivity index (χ1v) is 6.41. The van der Waals surface area contributed by atoms with Crippen LogP contribution < -0.4 is 5.32 Å². The molecular weight excluding hydrogens is 214 g/mol. The fourth-order valence-corrected chi connectivity index (χ4v) is 2.66. The average Bonchev–Trinajstić information content (AvgIpc) is 2.80. The van der Waals surface area contributed by atoms with E-state index in [2.05, 4.69) is 29.6 Å². The van der Waals surface area contributed by atoms with Gasteiger partial charge in [-0.05, 0) is 30.4 Å². The van der Waals surface area contributed by atoms with Crippen molar-refractivity contribution in [1.82, 2.24) is 5.32 Å². The Morgan fingerprint density at radius 2 is 1.94 bits per heavy atom. The van der Waals surface area contributed by atoms with Crippen LogP contribution in [0.1, 0.15) is 17.5 Å². The van der Waals surface area contributed by atoms with E-state index in [-0.39, 0.29) is 0 Å². The normalized spacial score (nSPS) is 24.8. The van der Waals surface area contributed by atoms with Crippen molar-refractivity contribution in [1.29, 1.82) is 0 Å². The van der Waals surface area contributed by atoms with Gasteiger partial charge in [0.1, 0.15) is 6.79 Å². The Labute approximate surface area is 102 Å². The van der Waals surface area contributed by atoms with Gasteiger partial charge in [-0.15, -0.1) is 0 Å². The van der Waals surface area contributed by atoms with E-state index >= 15 is 0 Å². The van der Waals surface area contributed by atoms with E-state index < -0.39 is 0 Å². The van der Waals surface area contributed by atoms with Crippen molar-refractivity contribution in [2.24, 2.45) is 0 Å². The molecule has 1 aliphatic carbocycles. The Morgan fingerprint density at radius 3 is 2.59 bits per heavy atom. The van der Waals surface area contributed by atoms with Crippen molar-refractivity contribution in [3.05, 3.63) is 35.4 Å². The predicted octanol–water partition coefficient (Wildman–Crippen LogP) is 1.51. The van der Waals surface area contributed by atoms with Gasteiger partial charge in [-0.25, -0.2) is 0 Å². The molecule has 1 aromatic carbocycles. The molecule has 1 aliphatic heterocycles. The maximum Gasteiger partial charge on any atom is 0.147 e. The molecule has 1 aromatic rings. The standard InChI is InChI=1S/C14H19NO2/c1-2-4-12-8-13(7-11(12)3-1)15-9-14-5-6-16-10-17-14/h1-4,13-15H,5-10H2. The minimum Gasteiger partial charge on any atom is -0.355 e. The molecule has 3 nitrogen and oxygen atoms in total. The molecule has 0 bridgehead atoms. The van der Waals surface area contributed by atoms with Crippen LogP contribution in [0, 0.1) is 0 Å². The summed E-state index contributed by atoms with van der Waals surface area (Å²) in [5, 5.41) is 3.62. The van der Waals surface area contributed by atoms with E-state index in [9.17, 15) is 0 Å². The van der Waals surface area contributed by atoms with Gasteiger partial charge in [0.25, 0.3) is 0 Å². The first-order chi connectivity index (χ1) is 8.42. The fourth-order valence-electron chi connectivity index (χ4n) is 2.66. The maximum absolute atomic E-state index is 5.53. The molecule has 3 heteroatoms. The van der Waals surface area contributed by atoms with Gasteiger partial charge >= 0.3 is 0 Å². The molecule has 0 saturated carbocycles. The van der Waals surface area contributed by atoms with Crippen molar-refractivity contribution < 1.29 is 9.47 Å². The Kier molecular flexibility index (Phi) is 3.41. The van der Waals surface area contributed by atoms with Crippen LogP contribution >= 0.6 is 0 Å². The third kappa shape index (κ3) is 2.68. The Balaban J connectivity index is 1.48. The lowest BCUT2D eigenvalue weighted by atomic mass is 10.1. The summed E-state index contributed by atoms with van der Waals surface area (Å²) in [5.41, 5.74) is 3.00. The smallest absolute Gasteiger partial charge is 0.147 e. The summed E-state index contributed by atoms with van der Waals surface area (Å²) in [6.07, 6.45) is 3.64. The number of rotatable bonds is 3. The summed E-state index contributed by atoms with van der Waals surface area (Å²) in [7, 11) is 0. The number of nitrogens with one attached hydrogen (secondary N) is 1. The molecule has 0 aromatic heterocycles. The second-order valence-electron chi connectivity index (χ2n) is 4.89. The van der Waals surface area contributed by atoms with Crippen molar-refractivity contribution in [3.8, 4) is 0 Å². The van der Waals surface area contributed by atoms with E-state index in [0.29, 0.717) is 18.9 Å². The molecule has 2 aliphatic rings. The van der Waals surface area contributed by atoms with Gasteiger partial charge in [-0.3, -0.25) is 0 Å². The van der Waals surface area contributed by atoms with Crippen LogP contribution in [0.2, 0.25) is 0 Å². The van der Waals surface area contributed by atoms with E-state index in [1.807, 2.05) is 0 Å². The summed E-state index contributed by atoms with van der Waals surface area (Å²) in [6, 6.07) is 9.31. The largest absolute Gasteiger partial charge is 0.355 e. The van der Waals surface area contributed by atoms with Crippen LogP contribution in [-0.2, 0) is 22.3 Å². The number of hydrogen-bond donors (Lipinski definition) is 1. The molecular formula is C14H19NO2. The molecule has 1 saturated heterocycles. The highest BCUT2D eigenvalue weighted by atomic mass is 16.7. The molecule has 1 N–H and O–H groups in total. The Hall–Kier alpha value is -0.900. The van der Waals surface area contributed by atoms with E-state index in [0.717, 1.165) is 32.4 Å². The minimum absolute atomic E-state index is 0.326. The van der Waals surface area contributed by atoms with E-state index in [4.69, 9.17) is 9.47 Å². The van der Waals surface area contributed by atoms with Gasteiger partial charge in [-0.2, -0.15) is 0 Å². The molecule has 0 spiro atoms. The zero-order valence-corrected chi connectivity index (χ0v) is 10.0. The van der Waals surface area contributed by atoms with Crippen LogP contribution in [0.25, 0.3) is 0 Å². The number of benzene rings is 1. The average molecular weight is 233 g/mol. The molecule has 17 heavy (non-hydrogen) atoms. The van der Waals surface area contributed by atoms with Crippen LogP contribution in [-0.4, -0.2) is 32.1 Å². The van der Waals surface area contributed by atoms with E-state index in [1.54, 1.807) is 0 Å². The lowest BCUT2D eigenvalue weighted by molar-refractivity contribution is -0.137. The van der Waals surface area contributed by atoms with Gasteiger partial charge in [0.15, 0.2) is 0 Å². The topological polar surface area (TPSA) is 30.5 Å². The molecule has 0 amide bonds. The molecule has 3 rings (SSSR count). The zero-order valence-electron chi connectivity index (χ0n) is 10.0. The van der Waals surface area contributed by atoms with Crippen LogP contribution in [0.3, 0.4) is 0 Å². The molecule has 92 valence electrons. The lowest BCUT2D eigenvalue weighted by Gasteiger charge is -2.24. The molecule has 1 fully saturated rings. The van der Waals surface area contributed by atoms with Crippen molar-refractivity contribution in [3.63, 3.8) is 0 Å². The van der Waals surface area contributed by atoms with Crippen molar-refractivity contribution in [2.45, 2.75) is 31.4 Å². The summed E-state index contributed by atoms with van der Waals surface area (Å²) in [6.45, 7) is 2.23. The maximum atomic E-state index is 5.53. The number of hydrogen-bond acceptors (Lipinski definition) is 3. The second kappa shape index (κ2) is 5.17. The van der Waals surface area contributed by atoms with Gasteiger partial charge in [-0.1, -0.05) is 24.3 Å². The molecule has 1 atom stereocenters. The number of fused-ring (bicyclic) bond motifs is 1. The quantitative estimate of drug-likeness (QED) is 0.858. The van der Waals surface area contributed by atoms with Gasteiger partial charge in [0.05, 0.1) is 12.7 Å². The first-order valence-electron chi connectivity index (χ1n) is 6.41. The summed E-state index contributed by atoms with van der Waals surface area (Å²) >= 11 is 0. The number of ether oxygens (including phenoxy) is 2. The Bertz CT molecular complexity index is 349. The highest BCUT2D eigenvalue weighted by molar-refractivity contribution is 5.33. The highest BCUT2D eigenvalue weighted by Gasteiger charge is 2.22. The summed E-state index contributed by atoms with van der Waals surface area (Å²) in [4.78, 5) is 0. The van der Waals surface area contributed by atoms with Crippen LogP contribution in [0.4, 0.5) is 0 Å². The van der Waals surface area contributed by atoms with Crippen LogP contribution in [0.5, 0.6) is 0 Å². The summed E-state index contributed by atoms with van der Waals surface area (Å²) in [5.74, 6) is 0. The zero-order chi connectivity index (χ0) is 11.5. The van der Waals surface area contributed by atoms with Crippen molar-refractivity contribution >= 4 is 0 Å². The monoisotopic (exact) mass is 233 g/mol. The van der Waals surface area contributed by atoms with Crippen LogP contribution in [0.15, 0.2) is 24.3 Å². The SMILES string of the molecule is c1ccc2c(c1)CC(NCC1CCOCO1)C2. The third-order valence-corrected chi connectivity index (χ3v) is 3.66. The lowest BCUT2D eigenvalue weighted by Crippen LogP contribution is -2.39. The van der Waals surface area contributed by atoms with Gasteiger partial charge in [0.2, 0.25) is 0 Å². The Morgan fingerprint density at radius 1 is 1.18 bits per heavy atom. The molecule has 0 radical (unpaired) electrons. The van der Waals surface area contributed by atoms with Gasteiger partial charge in [0, 0.05) is 12.6 Å². The fraction of sp³-hybridized carbons (Fsp3) is 0.571.